The van der Waals surface area contributed by atoms with Crippen molar-refractivity contribution in [1.82, 2.24) is 4.98 Å². The molecule has 1 aromatic carbocycles. The maximum Gasteiger partial charge on any atom is 0.131 e. The Balaban J connectivity index is 2.50. The average Bonchev–Trinajstić information content (AvgIpc) is 2.33. The molecule has 1 aromatic heterocycles. The highest BCUT2D eigenvalue weighted by Gasteiger charge is 2.01. The van der Waals surface area contributed by atoms with Gasteiger partial charge in [0.15, 0.2) is 0 Å². The molecule has 0 radical (unpaired) electrons. The third-order valence-corrected chi connectivity index (χ3v) is 2.65. The van der Waals surface area contributed by atoms with Gasteiger partial charge in [-0.05, 0) is 11.8 Å². The van der Waals surface area contributed by atoms with Crippen LogP contribution in [0.3, 0.4) is 0 Å². The number of aromatic nitrogens is 1. The van der Waals surface area contributed by atoms with Crippen LogP contribution in [-0.4, -0.2) is 10.9 Å². The Hall–Kier alpha value is -1.54. The SMILES string of the molecule is Nc1ncc(C=CCCCl)c2ccccc12. The zero-order chi connectivity index (χ0) is 11.4. The largest absolute Gasteiger partial charge is 0.383 e. The van der Waals surface area contributed by atoms with Crippen molar-refractivity contribution in [1.29, 1.82) is 0 Å². The highest BCUT2D eigenvalue weighted by atomic mass is 35.5. The minimum absolute atomic E-state index is 0.574. The van der Waals surface area contributed by atoms with Gasteiger partial charge < -0.3 is 5.73 Å². The molecule has 0 unspecified atom stereocenters. The van der Waals surface area contributed by atoms with E-state index >= 15 is 0 Å². The van der Waals surface area contributed by atoms with Gasteiger partial charge in [-0.25, -0.2) is 4.98 Å². The van der Waals surface area contributed by atoms with Crippen molar-refractivity contribution in [3.05, 3.63) is 42.1 Å². The number of nitrogens with zero attached hydrogens (tertiary/aromatic N) is 1. The lowest BCUT2D eigenvalue weighted by Crippen LogP contribution is -1.92. The van der Waals surface area contributed by atoms with Crippen molar-refractivity contribution < 1.29 is 0 Å². The van der Waals surface area contributed by atoms with E-state index in [1.54, 1.807) is 6.20 Å². The first kappa shape index (κ1) is 11.0. The van der Waals surface area contributed by atoms with Crippen LogP contribution in [0, 0.1) is 0 Å². The monoisotopic (exact) mass is 232 g/mol. The number of allylic oxidation sites excluding steroid dienone is 1. The maximum atomic E-state index is 5.82. The number of benzene rings is 1. The van der Waals surface area contributed by atoms with E-state index in [1.807, 2.05) is 36.4 Å². The number of hydrogen-bond donors (Lipinski definition) is 1. The van der Waals surface area contributed by atoms with Gasteiger partial charge in [0.25, 0.3) is 0 Å². The molecule has 2 rings (SSSR count). The van der Waals surface area contributed by atoms with Crippen LogP contribution in [-0.2, 0) is 0 Å². The predicted octanol–water partition coefficient (Wildman–Crippen LogP) is 3.46. The second-order valence-electron chi connectivity index (χ2n) is 3.52. The van der Waals surface area contributed by atoms with Crippen LogP contribution < -0.4 is 5.73 Å². The molecule has 2 nitrogen and oxygen atoms in total. The molecule has 0 amide bonds. The van der Waals surface area contributed by atoms with Gasteiger partial charge in [0.2, 0.25) is 0 Å². The molecule has 2 aromatic rings. The minimum atomic E-state index is 0.574. The van der Waals surface area contributed by atoms with E-state index in [1.165, 1.54) is 0 Å². The summed E-state index contributed by atoms with van der Waals surface area (Å²) in [7, 11) is 0. The molecule has 0 saturated heterocycles. The van der Waals surface area contributed by atoms with Crippen molar-refractivity contribution in [2.45, 2.75) is 6.42 Å². The first-order valence-corrected chi connectivity index (χ1v) is 5.72. The van der Waals surface area contributed by atoms with Crippen molar-refractivity contribution in [3.8, 4) is 0 Å². The summed E-state index contributed by atoms with van der Waals surface area (Å²) in [6.07, 6.45) is 6.74. The standard InChI is InChI=1S/C13H13ClN2/c14-8-4-3-5-10-9-16-13(15)12-7-2-1-6-11(10)12/h1-3,5-7,9H,4,8H2,(H2,15,16). The molecule has 82 valence electrons. The molecular formula is C13H13ClN2. The van der Waals surface area contributed by atoms with Crippen LogP contribution in [0.4, 0.5) is 5.82 Å². The summed E-state index contributed by atoms with van der Waals surface area (Å²) >= 11 is 5.62. The zero-order valence-electron chi connectivity index (χ0n) is 8.86. The van der Waals surface area contributed by atoms with Crippen molar-refractivity contribution in [3.63, 3.8) is 0 Å². The molecule has 0 aliphatic heterocycles. The fourth-order valence-corrected chi connectivity index (χ4v) is 1.77. The van der Waals surface area contributed by atoms with Crippen molar-refractivity contribution >= 4 is 34.3 Å². The van der Waals surface area contributed by atoms with Gasteiger partial charge in [0.1, 0.15) is 5.82 Å². The summed E-state index contributed by atoms with van der Waals surface area (Å²) in [5, 5.41) is 2.12. The van der Waals surface area contributed by atoms with Gasteiger partial charge in [0, 0.05) is 23.0 Å². The van der Waals surface area contributed by atoms with Crippen LogP contribution in [0.25, 0.3) is 16.8 Å². The van der Waals surface area contributed by atoms with Crippen LogP contribution in [0.5, 0.6) is 0 Å². The number of pyridine rings is 1. The Bertz CT molecular complexity index is 520. The molecule has 0 bridgehead atoms. The maximum absolute atomic E-state index is 5.82. The first-order chi connectivity index (χ1) is 7.83. The van der Waals surface area contributed by atoms with Crippen LogP contribution in [0.1, 0.15) is 12.0 Å². The molecule has 0 spiro atoms. The van der Waals surface area contributed by atoms with Gasteiger partial charge >= 0.3 is 0 Å². The molecule has 1 heterocycles. The Morgan fingerprint density at radius 1 is 1.25 bits per heavy atom. The molecule has 2 N–H and O–H groups in total. The number of alkyl halides is 1. The van der Waals surface area contributed by atoms with Gasteiger partial charge in [-0.1, -0.05) is 36.4 Å². The highest BCUT2D eigenvalue weighted by Crippen LogP contribution is 2.23. The number of anilines is 1. The fraction of sp³-hybridized carbons (Fsp3) is 0.154. The third-order valence-electron chi connectivity index (χ3n) is 2.43. The topological polar surface area (TPSA) is 38.9 Å². The van der Waals surface area contributed by atoms with Crippen molar-refractivity contribution in [2.24, 2.45) is 0 Å². The highest BCUT2D eigenvalue weighted by molar-refractivity contribution is 6.17. The number of rotatable bonds is 3. The average molecular weight is 233 g/mol. The lowest BCUT2D eigenvalue weighted by atomic mass is 10.1. The molecular weight excluding hydrogens is 220 g/mol. The van der Waals surface area contributed by atoms with Gasteiger partial charge in [-0.15, -0.1) is 11.6 Å². The summed E-state index contributed by atoms with van der Waals surface area (Å²) in [4.78, 5) is 4.18. The van der Waals surface area contributed by atoms with E-state index in [2.05, 4.69) is 4.98 Å². The number of nitrogens with two attached hydrogens (primary N) is 1. The Morgan fingerprint density at radius 2 is 2.00 bits per heavy atom. The van der Waals surface area contributed by atoms with Crippen LogP contribution >= 0.6 is 11.6 Å². The number of nitrogen functional groups attached to an aromatic ring is 1. The van der Waals surface area contributed by atoms with E-state index in [-0.39, 0.29) is 0 Å². The zero-order valence-corrected chi connectivity index (χ0v) is 9.61. The smallest absolute Gasteiger partial charge is 0.131 e. The lowest BCUT2D eigenvalue weighted by Gasteiger charge is -2.04. The predicted molar refractivity (Wildman–Crippen MR) is 70.5 cm³/mol. The van der Waals surface area contributed by atoms with Gasteiger partial charge in [-0.3, -0.25) is 0 Å². The summed E-state index contributed by atoms with van der Waals surface area (Å²) in [6, 6.07) is 8.00. The number of fused-ring (bicyclic) bond motifs is 1. The van der Waals surface area contributed by atoms with E-state index in [0.717, 1.165) is 22.8 Å². The van der Waals surface area contributed by atoms with E-state index in [4.69, 9.17) is 17.3 Å². The van der Waals surface area contributed by atoms with E-state index < -0.39 is 0 Å². The molecule has 3 heteroatoms. The van der Waals surface area contributed by atoms with Crippen LogP contribution in [0.2, 0.25) is 0 Å². The molecule has 0 saturated carbocycles. The quantitative estimate of drug-likeness (QED) is 0.824. The molecule has 0 aliphatic rings. The van der Waals surface area contributed by atoms with E-state index in [9.17, 15) is 0 Å². The molecule has 0 aliphatic carbocycles. The minimum Gasteiger partial charge on any atom is -0.383 e. The molecule has 0 atom stereocenters. The van der Waals surface area contributed by atoms with Gasteiger partial charge in [-0.2, -0.15) is 0 Å². The number of halogens is 1. The van der Waals surface area contributed by atoms with Crippen molar-refractivity contribution in [2.75, 3.05) is 11.6 Å². The molecule has 0 fully saturated rings. The second-order valence-corrected chi connectivity index (χ2v) is 3.90. The summed E-state index contributed by atoms with van der Waals surface area (Å²) in [5.41, 5.74) is 6.90. The number of hydrogen-bond acceptors (Lipinski definition) is 2. The third kappa shape index (κ3) is 2.17. The molecule has 16 heavy (non-hydrogen) atoms. The Labute approximate surface area is 99.7 Å². The normalized spacial score (nSPS) is 11.3. The van der Waals surface area contributed by atoms with Crippen LogP contribution in [0.15, 0.2) is 36.5 Å². The second kappa shape index (κ2) is 4.99. The summed E-state index contributed by atoms with van der Waals surface area (Å²) in [6.45, 7) is 0. The Kier molecular flexibility index (Phi) is 3.42. The summed E-state index contributed by atoms with van der Waals surface area (Å²) in [5.74, 6) is 1.21. The van der Waals surface area contributed by atoms with Gasteiger partial charge in [0.05, 0.1) is 0 Å². The Morgan fingerprint density at radius 3 is 2.75 bits per heavy atom. The summed E-state index contributed by atoms with van der Waals surface area (Å²) < 4.78 is 0. The fourth-order valence-electron chi connectivity index (χ4n) is 1.64. The first-order valence-electron chi connectivity index (χ1n) is 5.18. The lowest BCUT2D eigenvalue weighted by molar-refractivity contribution is 1.24. The van der Waals surface area contributed by atoms with E-state index in [0.29, 0.717) is 11.7 Å².